The number of carbonyl (C=O) groups excluding carboxylic acids is 3. The van der Waals surface area contributed by atoms with Crippen LogP contribution in [0.2, 0.25) is 0 Å². The number of rotatable bonds is 7. The molecule has 0 saturated heterocycles. The number of allylic oxidation sites excluding steroid dienone is 1. The second kappa shape index (κ2) is 11.3. The molecular formula is C32H27N3O7S. The van der Waals surface area contributed by atoms with Crippen LogP contribution >= 0.6 is 11.3 Å². The van der Waals surface area contributed by atoms with Gasteiger partial charge in [0.25, 0.3) is 11.5 Å². The average Bonchev–Trinajstić information content (AvgIpc) is 3.71. The minimum absolute atomic E-state index is 0.0566. The molecule has 1 unspecified atom stereocenters. The van der Waals surface area contributed by atoms with E-state index < -0.39 is 23.5 Å². The number of carbonyl (C=O) groups is 3. The fourth-order valence-electron chi connectivity index (χ4n) is 5.37. The van der Waals surface area contributed by atoms with Crippen molar-refractivity contribution < 1.29 is 28.3 Å². The van der Waals surface area contributed by atoms with Gasteiger partial charge in [0.1, 0.15) is 10.3 Å². The molecule has 6 rings (SSSR count). The summed E-state index contributed by atoms with van der Waals surface area (Å²) in [5, 5.41) is 0. The number of fused-ring (bicyclic) bond motifs is 2. The van der Waals surface area contributed by atoms with E-state index in [1.807, 2.05) is 31.2 Å². The van der Waals surface area contributed by atoms with Gasteiger partial charge in [0.05, 0.1) is 41.4 Å². The van der Waals surface area contributed by atoms with Crippen molar-refractivity contribution in [1.29, 1.82) is 0 Å². The van der Waals surface area contributed by atoms with Crippen molar-refractivity contribution in [1.82, 2.24) is 4.57 Å². The molecule has 0 bridgehead atoms. The van der Waals surface area contributed by atoms with E-state index in [9.17, 15) is 19.2 Å². The molecule has 43 heavy (non-hydrogen) atoms. The predicted molar refractivity (Wildman–Crippen MR) is 159 cm³/mol. The molecule has 0 aliphatic carbocycles. The number of thiazole rings is 1. The molecule has 10 nitrogen and oxygen atoms in total. The summed E-state index contributed by atoms with van der Waals surface area (Å²) in [7, 11) is 0. The first-order valence-corrected chi connectivity index (χ1v) is 14.6. The summed E-state index contributed by atoms with van der Waals surface area (Å²) in [4.78, 5) is 60.2. The number of benzene rings is 2. The molecule has 0 spiro atoms. The normalized spacial score (nSPS) is 17.0. The Morgan fingerprint density at radius 2 is 1.77 bits per heavy atom. The lowest BCUT2D eigenvalue weighted by Crippen LogP contribution is -2.41. The molecular weight excluding hydrogens is 570 g/mol. The summed E-state index contributed by atoms with van der Waals surface area (Å²) < 4.78 is 17.6. The van der Waals surface area contributed by atoms with Crippen LogP contribution in [0.3, 0.4) is 0 Å². The number of ether oxygens (including phenoxy) is 2. The number of furan rings is 1. The fourth-order valence-corrected chi connectivity index (χ4v) is 6.51. The molecule has 2 aliphatic heterocycles. The molecule has 0 fully saturated rings. The molecule has 0 saturated carbocycles. The van der Waals surface area contributed by atoms with E-state index in [4.69, 9.17) is 13.9 Å². The van der Waals surface area contributed by atoms with Crippen LogP contribution in [0.4, 0.5) is 5.69 Å². The number of hydrogen-bond donors (Lipinski definition) is 0. The van der Waals surface area contributed by atoms with E-state index in [1.165, 1.54) is 16.9 Å². The monoisotopic (exact) mass is 597 g/mol. The van der Waals surface area contributed by atoms with Crippen LogP contribution in [0.5, 0.6) is 5.75 Å². The van der Waals surface area contributed by atoms with E-state index in [2.05, 4.69) is 4.99 Å². The Labute approximate surface area is 249 Å². The summed E-state index contributed by atoms with van der Waals surface area (Å²) in [5.41, 5.74) is 2.51. The quantitative estimate of drug-likeness (QED) is 0.235. The highest BCUT2D eigenvalue weighted by Crippen LogP contribution is 2.36. The van der Waals surface area contributed by atoms with Crippen molar-refractivity contribution in [2.45, 2.75) is 33.2 Å². The zero-order valence-corrected chi connectivity index (χ0v) is 24.5. The third-order valence-corrected chi connectivity index (χ3v) is 8.27. The molecule has 0 N–H and O–H groups in total. The van der Waals surface area contributed by atoms with Gasteiger partial charge in [0.2, 0.25) is 5.76 Å². The molecule has 2 aromatic heterocycles. The maximum Gasteiger partial charge on any atom is 0.379 e. The first kappa shape index (κ1) is 28.1. The maximum atomic E-state index is 14.2. The standard InChI is InChI=1S/C32H27N3O7S/c1-4-16-34-22-10-7-6-9-21(22)25(28(34)36)27-29(37)35-26(24(31(39)40-5-2)18(3)33-32(35)43-27)19-12-14-20(15-13-19)42-30(38)23-11-8-17-41-23/h6-15,17,26H,4-5,16H2,1-3H3. The van der Waals surface area contributed by atoms with Gasteiger partial charge in [-0.2, -0.15) is 0 Å². The second-order valence-corrected chi connectivity index (χ2v) is 10.9. The number of amides is 1. The lowest BCUT2D eigenvalue weighted by molar-refractivity contribution is -0.139. The molecule has 4 aromatic rings. The average molecular weight is 598 g/mol. The molecule has 2 aliphatic rings. The van der Waals surface area contributed by atoms with E-state index in [0.717, 1.165) is 23.4 Å². The van der Waals surface area contributed by atoms with Gasteiger partial charge < -0.3 is 18.8 Å². The first-order valence-electron chi connectivity index (χ1n) is 13.8. The van der Waals surface area contributed by atoms with E-state index >= 15 is 0 Å². The molecule has 4 heterocycles. The Morgan fingerprint density at radius 3 is 2.47 bits per heavy atom. The van der Waals surface area contributed by atoms with E-state index in [1.54, 1.807) is 49.1 Å². The minimum Gasteiger partial charge on any atom is -0.463 e. The third kappa shape index (κ3) is 4.81. The lowest BCUT2D eigenvalue weighted by Gasteiger charge is -2.24. The number of para-hydroxylation sites is 1. The highest BCUT2D eigenvalue weighted by Gasteiger charge is 2.37. The molecule has 1 amide bonds. The number of hydrogen-bond acceptors (Lipinski definition) is 9. The summed E-state index contributed by atoms with van der Waals surface area (Å²) in [6, 6.07) is 16.1. The minimum atomic E-state index is -0.891. The van der Waals surface area contributed by atoms with Gasteiger partial charge in [-0.3, -0.25) is 14.2 Å². The molecule has 11 heteroatoms. The summed E-state index contributed by atoms with van der Waals surface area (Å²) in [6.45, 7) is 6.04. The molecule has 1 atom stereocenters. The van der Waals surface area contributed by atoms with Gasteiger partial charge >= 0.3 is 11.9 Å². The van der Waals surface area contributed by atoms with Crippen molar-refractivity contribution in [3.63, 3.8) is 0 Å². The van der Waals surface area contributed by atoms with Crippen LogP contribution in [0, 0.1) is 0 Å². The second-order valence-electron chi connectivity index (χ2n) is 9.91. The van der Waals surface area contributed by atoms with Crippen LogP contribution in [-0.4, -0.2) is 35.6 Å². The number of aromatic nitrogens is 1. The summed E-state index contributed by atoms with van der Waals surface area (Å²) >= 11 is 1.12. The zero-order valence-electron chi connectivity index (χ0n) is 23.7. The summed E-state index contributed by atoms with van der Waals surface area (Å²) in [6.07, 6.45) is 2.13. The van der Waals surface area contributed by atoms with Gasteiger partial charge in [0.15, 0.2) is 4.80 Å². The molecule has 0 radical (unpaired) electrons. The van der Waals surface area contributed by atoms with Crippen molar-refractivity contribution in [3.05, 3.63) is 115 Å². The SMILES string of the molecule is CCCN1C(=O)C(=c2sc3n(c2=O)C(c2ccc(OC(=O)c4ccco4)cc2)C(C(=O)OCC)=C(C)N=3)c2ccccc21. The Morgan fingerprint density at radius 1 is 1.00 bits per heavy atom. The summed E-state index contributed by atoms with van der Waals surface area (Å²) in [5.74, 6) is -1.19. The van der Waals surface area contributed by atoms with E-state index in [0.29, 0.717) is 33.7 Å². The molecule has 218 valence electrons. The highest BCUT2D eigenvalue weighted by atomic mass is 32.1. The van der Waals surface area contributed by atoms with Crippen molar-refractivity contribution >= 4 is 40.4 Å². The smallest absolute Gasteiger partial charge is 0.379 e. The van der Waals surface area contributed by atoms with Crippen LogP contribution in [0.15, 0.2) is 92.4 Å². The Balaban J connectivity index is 1.50. The predicted octanol–water partition coefficient (Wildman–Crippen LogP) is 3.74. The van der Waals surface area contributed by atoms with Gasteiger partial charge in [-0.25, -0.2) is 14.6 Å². The number of esters is 2. The van der Waals surface area contributed by atoms with Gasteiger partial charge in [-0.15, -0.1) is 0 Å². The van der Waals surface area contributed by atoms with E-state index in [-0.39, 0.29) is 34.1 Å². The van der Waals surface area contributed by atoms with Crippen LogP contribution in [0.1, 0.15) is 54.9 Å². The topological polar surface area (TPSA) is 120 Å². The third-order valence-electron chi connectivity index (χ3n) is 7.22. The van der Waals surface area contributed by atoms with Crippen molar-refractivity contribution in [2.24, 2.45) is 4.99 Å². The Bertz CT molecular complexity index is 1970. The maximum absolute atomic E-state index is 14.2. The highest BCUT2D eigenvalue weighted by molar-refractivity contribution is 7.07. The molecule has 2 aromatic carbocycles. The van der Waals surface area contributed by atoms with Crippen LogP contribution in [-0.2, 0) is 14.3 Å². The van der Waals surface area contributed by atoms with Crippen LogP contribution < -0.4 is 24.5 Å². The largest absolute Gasteiger partial charge is 0.463 e. The van der Waals surface area contributed by atoms with Gasteiger partial charge in [0, 0.05) is 12.1 Å². The zero-order chi connectivity index (χ0) is 30.2. The Hall–Kier alpha value is -5.03. The number of nitrogens with zero attached hydrogens (tertiary/aromatic N) is 3. The fraction of sp³-hybridized carbons (Fsp3) is 0.219. The lowest BCUT2D eigenvalue weighted by atomic mass is 9.96. The van der Waals surface area contributed by atoms with Gasteiger partial charge in [-0.05, 0) is 56.2 Å². The number of anilines is 1. The van der Waals surface area contributed by atoms with Crippen molar-refractivity contribution in [2.75, 3.05) is 18.1 Å². The first-order chi connectivity index (χ1) is 20.8. The van der Waals surface area contributed by atoms with Crippen molar-refractivity contribution in [3.8, 4) is 5.75 Å². The Kier molecular flexibility index (Phi) is 7.41. The van der Waals surface area contributed by atoms with Crippen LogP contribution in [0.25, 0.3) is 5.57 Å². The van der Waals surface area contributed by atoms with Gasteiger partial charge in [-0.1, -0.05) is 48.6 Å².